The van der Waals surface area contributed by atoms with E-state index in [1.165, 1.54) is 0 Å². The molecule has 20 heavy (non-hydrogen) atoms. The van der Waals surface area contributed by atoms with Crippen molar-refractivity contribution >= 4 is 5.91 Å². The van der Waals surface area contributed by atoms with Crippen LogP contribution in [0.4, 0.5) is 13.2 Å². The Hall–Kier alpha value is -1.60. The zero-order valence-electron chi connectivity index (χ0n) is 11.2. The summed E-state index contributed by atoms with van der Waals surface area (Å²) in [5.41, 5.74) is 0.521. The second kappa shape index (κ2) is 5.80. The van der Waals surface area contributed by atoms with Gasteiger partial charge >= 0.3 is 0 Å². The zero-order valence-corrected chi connectivity index (χ0v) is 11.2. The number of hydrogen-bond acceptors (Lipinski definition) is 3. The van der Waals surface area contributed by atoms with Gasteiger partial charge in [-0.25, -0.2) is 13.2 Å². The topological polar surface area (TPSA) is 59.8 Å². The first-order valence-electron chi connectivity index (χ1n) is 6.58. The number of nitrogens with zero attached hydrogens (tertiary/aromatic N) is 3. The van der Waals surface area contributed by atoms with Gasteiger partial charge < -0.3 is 5.32 Å². The summed E-state index contributed by atoms with van der Waals surface area (Å²) in [6.07, 6.45) is 0.0593. The molecule has 1 fully saturated rings. The highest BCUT2D eigenvalue weighted by atomic mass is 19.3. The molecule has 112 valence electrons. The van der Waals surface area contributed by atoms with Gasteiger partial charge in [0.2, 0.25) is 5.92 Å². The molecule has 0 bridgehead atoms. The van der Waals surface area contributed by atoms with E-state index in [0.29, 0.717) is 5.69 Å². The number of amides is 1. The number of nitrogens with one attached hydrogen (secondary N) is 1. The molecule has 0 atom stereocenters. The van der Waals surface area contributed by atoms with Crippen LogP contribution < -0.4 is 5.32 Å². The second-order valence-electron chi connectivity index (χ2n) is 5.02. The maximum absolute atomic E-state index is 13.0. The van der Waals surface area contributed by atoms with E-state index in [-0.39, 0.29) is 44.0 Å². The van der Waals surface area contributed by atoms with E-state index in [1.807, 2.05) is 0 Å². The third kappa shape index (κ3) is 3.49. The summed E-state index contributed by atoms with van der Waals surface area (Å²) in [6, 6.07) is -0.271. The van der Waals surface area contributed by atoms with Crippen molar-refractivity contribution in [1.82, 2.24) is 20.3 Å². The van der Waals surface area contributed by atoms with Crippen molar-refractivity contribution in [2.75, 3.05) is 6.67 Å². The Morgan fingerprint density at radius 3 is 2.65 bits per heavy atom. The normalized spacial score (nSPS) is 19.0. The number of hydrogen-bond donors (Lipinski definition) is 1. The maximum atomic E-state index is 13.0. The van der Waals surface area contributed by atoms with Crippen LogP contribution in [0.25, 0.3) is 0 Å². The maximum Gasteiger partial charge on any atom is 0.273 e. The number of halogens is 3. The summed E-state index contributed by atoms with van der Waals surface area (Å²) in [7, 11) is 0. The molecule has 0 aromatic carbocycles. The number of carbonyl (C=O) groups excluding carboxylic acids is 1. The zero-order chi connectivity index (χ0) is 14.8. The number of aryl methyl sites for hydroxylation is 2. The Morgan fingerprint density at radius 1 is 1.40 bits per heavy atom. The van der Waals surface area contributed by atoms with Crippen LogP contribution in [0.2, 0.25) is 0 Å². The largest absolute Gasteiger partial charge is 0.348 e. The Bertz CT molecular complexity index is 479. The van der Waals surface area contributed by atoms with Gasteiger partial charge in [0.1, 0.15) is 6.67 Å². The van der Waals surface area contributed by atoms with E-state index in [9.17, 15) is 18.0 Å². The van der Waals surface area contributed by atoms with Crippen LogP contribution in [0.5, 0.6) is 0 Å². The Labute approximate surface area is 114 Å². The number of aromatic nitrogens is 3. The summed E-state index contributed by atoms with van der Waals surface area (Å²) < 4.78 is 38.2. The minimum absolute atomic E-state index is 0.0101. The van der Waals surface area contributed by atoms with Crippen LogP contribution >= 0.6 is 0 Å². The average Bonchev–Trinajstić information content (AvgIpc) is 2.73. The molecule has 0 unspecified atom stereocenters. The molecule has 1 N–H and O–H groups in total. The molecule has 1 saturated carbocycles. The Balaban J connectivity index is 1.95. The highest BCUT2D eigenvalue weighted by Gasteiger charge is 2.35. The number of rotatable bonds is 4. The quantitative estimate of drug-likeness (QED) is 0.921. The first-order valence-corrected chi connectivity index (χ1v) is 6.58. The van der Waals surface area contributed by atoms with Crippen LogP contribution in [0.1, 0.15) is 41.9 Å². The molecule has 0 radical (unpaired) electrons. The van der Waals surface area contributed by atoms with Crippen LogP contribution in [0.15, 0.2) is 0 Å². The van der Waals surface area contributed by atoms with Crippen LogP contribution in [-0.2, 0) is 6.54 Å². The van der Waals surface area contributed by atoms with Gasteiger partial charge in [0.15, 0.2) is 5.69 Å². The van der Waals surface area contributed by atoms with Gasteiger partial charge in [-0.15, -0.1) is 5.10 Å². The highest BCUT2D eigenvalue weighted by Crippen LogP contribution is 2.33. The first kappa shape index (κ1) is 14.8. The number of alkyl halides is 3. The Morgan fingerprint density at radius 2 is 2.05 bits per heavy atom. The van der Waals surface area contributed by atoms with Gasteiger partial charge in [-0.1, -0.05) is 0 Å². The molecule has 1 amide bonds. The second-order valence-corrected chi connectivity index (χ2v) is 5.02. The van der Waals surface area contributed by atoms with Crippen molar-refractivity contribution in [2.45, 2.75) is 51.1 Å². The van der Waals surface area contributed by atoms with Crippen LogP contribution in [0, 0.1) is 6.92 Å². The van der Waals surface area contributed by atoms with E-state index in [2.05, 4.69) is 15.5 Å². The molecule has 2 rings (SSSR count). The van der Waals surface area contributed by atoms with Gasteiger partial charge in [-0.2, -0.15) is 9.90 Å². The lowest BCUT2D eigenvalue weighted by molar-refractivity contribution is -0.0399. The molecule has 1 aromatic heterocycles. The predicted molar refractivity (Wildman–Crippen MR) is 65.4 cm³/mol. The molecular formula is C12H17F3N4O. The van der Waals surface area contributed by atoms with Gasteiger partial charge in [0.25, 0.3) is 5.91 Å². The van der Waals surface area contributed by atoms with E-state index in [0.717, 1.165) is 4.80 Å². The third-order valence-corrected chi connectivity index (χ3v) is 3.38. The number of carbonyl (C=O) groups is 1. The highest BCUT2D eigenvalue weighted by molar-refractivity contribution is 5.93. The van der Waals surface area contributed by atoms with Gasteiger partial charge in [-0.05, 0) is 19.8 Å². The molecule has 5 nitrogen and oxygen atoms in total. The fourth-order valence-electron chi connectivity index (χ4n) is 2.25. The van der Waals surface area contributed by atoms with E-state index in [4.69, 9.17) is 0 Å². The minimum atomic E-state index is -2.62. The SMILES string of the molecule is Cc1nn(CCF)nc1C(=O)NC1CCC(F)(F)CC1. The summed E-state index contributed by atoms with van der Waals surface area (Å²) in [5.74, 6) is -3.07. The summed E-state index contributed by atoms with van der Waals surface area (Å²) in [6.45, 7) is 0.975. The smallest absolute Gasteiger partial charge is 0.273 e. The summed E-state index contributed by atoms with van der Waals surface area (Å²) in [5, 5.41) is 10.5. The summed E-state index contributed by atoms with van der Waals surface area (Å²) in [4.78, 5) is 13.1. The molecule has 0 aliphatic heterocycles. The average molecular weight is 290 g/mol. The van der Waals surface area contributed by atoms with Crippen molar-refractivity contribution in [2.24, 2.45) is 0 Å². The monoisotopic (exact) mass is 290 g/mol. The Kier molecular flexibility index (Phi) is 4.29. The molecule has 1 aliphatic rings. The van der Waals surface area contributed by atoms with Crippen molar-refractivity contribution < 1.29 is 18.0 Å². The molecule has 8 heteroatoms. The first-order chi connectivity index (χ1) is 9.41. The van der Waals surface area contributed by atoms with Gasteiger partial charge in [0.05, 0.1) is 12.2 Å². The third-order valence-electron chi connectivity index (χ3n) is 3.38. The van der Waals surface area contributed by atoms with Gasteiger partial charge in [0, 0.05) is 18.9 Å². The summed E-state index contributed by atoms with van der Waals surface area (Å²) >= 11 is 0. The van der Waals surface area contributed by atoms with Crippen molar-refractivity contribution in [3.05, 3.63) is 11.4 Å². The van der Waals surface area contributed by atoms with Crippen molar-refractivity contribution in [3.63, 3.8) is 0 Å². The molecule has 0 saturated heterocycles. The van der Waals surface area contributed by atoms with Crippen molar-refractivity contribution in [1.29, 1.82) is 0 Å². The van der Waals surface area contributed by atoms with Gasteiger partial charge in [-0.3, -0.25) is 4.79 Å². The molecule has 0 spiro atoms. The predicted octanol–water partition coefficient (Wildman–Crippen LogP) is 1.86. The van der Waals surface area contributed by atoms with Crippen LogP contribution in [0.3, 0.4) is 0 Å². The lowest BCUT2D eigenvalue weighted by atomic mass is 9.92. The van der Waals surface area contributed by atoms with Crippen LogP contribution in [-0.4, -0.2) is 39.5 Å². The van der Waals surface area contributed by atoms with E-state index >= 15 is 0 Å². The lowest BCUT2D eigenvalue weighted by Gasteiger charge is -2.28. The fraction of sp³-hybridized carbons (Fsp3) is 0.750. The fourth-order valence-corrected chi connectivity index (χ4v) is 2.25. The van der Waals surface area contributed by atoms with E-state index in [1.54, 1.807) is 6.92 Å². The molecule has 1 heterocycles. The standard InChI is InChI=1S/C12H17F3N4O/c1-8-10(18-19(17-8)7-6-13)11(20)16-9-2-4-12(14,15)5-3-9/h9H,2-7H2,1H3,(H,16,20). The molecule has 1 aromatic rings. The lowest BCUT2D eigenvalue weighted by Crippen LogP contribution is -2.40. The molecule has 1 aliphatic carbocycles. The minimum Gasteiger partial charge on any atom is -0.348 e. The van der Waals surface area contributed by atoms with E-state index < -0.39 is 18.5 Å². The van der Waals surface area contributed by atoms with Crippen molar-refractivity contribution in [3.8, 4) is 0 Å². The molecular weight excluding hydrogens is 273 g/mol.